The molecule has 0 bridgehead atoms. The van der Waals surface area contributed by atoms with Crippen molar-refractivity contribution < 1.29 is 19.5 Å². The summed E-state index contributed by atoms with van der Waals surface area (Å²) in [5, 5.41) is 8.53. The summed E-state index contributed by atoms with van der Waals surface area (Å²) in [6, 6.07) is 0. The molecule has 1 saturated heterocycles. The Hall–Kier alpha value is -1.04. The van der Waals surface area contributed by atoms with E-state index in [4.69, 9.17) is 5.11 Å². The Labute approximate surface area is 98.2 Å². The van der Waals surface area contributed by atoms with Gasteiger partial charge < -0.3 is 10.0 Å². The van der Waals surface area contributed by atoms with Gasteiger partial charge >= 0.3 is 5.97 Å². The summed E-state index contributed by atoms with van der Waals surface area (Å²) in [5.41, 5.74) is 0. The van der Waals surface area contributed by atoms with Crippen LogP contribution in [-0.4, -0.2) is 45.3 Å². The minimum absolute atomic E-state index is 0.0177. The van der Waals surface area contributed by atoms with Crippen molar-refractivity contribution in [2.24, 2.45) is 0 Å². The van der Waals surface area contributed by atoms with E-state index < -0.39 is 5.97 Å². The van der Waals surface area contributed by atoms with Crippen molar-refractivity contribution >= 4 is 28.8 Å². The molecule has 1 unspecified atom stereocenters. The average Bonchev–Trinajstić information content (AvgIpc) is 2.45. The molecule has 1 heterocycles. The Kier molecular flexibility index (Phi) is 4.79. The van der Waals surface area contributed by atoms with Crippen LogP contribution in [0.15, 0.2) is 0 Å². The van der Waals surface area contributed by atoms with E-state index in [0.29, 0.717) is 25.9 Å². The number of carbonyl (C=O) groups is 3. The molecule has 0 spiro atoms. The van der Waals surface area contributed by atoms with Crippen LogP contribution >= 0.6 is 11.8 Å². The van der Waals surface area contributed by atoms with Crippen LogP contribution in [0.25, 0.3) is 0 Å². The molecule has 1 aliphatic rings. The minimum Gasteiger partial charge on any atom is -0.481 e. The molecular weight excluding hydrogens is 230 g/mol. The molecule has 1 amide bonds. The third-order valence-electron chi connectivity index (χ3n) is 2.33. The van der Waals surface area contributed by atoms with Crippen molar-refractivity contribution in [2.45, 2.75) is 31.4 Å². The summed E-state index contributed by atoms with van der Waals surface area (Å²) in [6.45, 7) is 2.52. The number of hydrogen-bond donors (Lipinski definition) is 1. The maximum Gasteiger partial charge on any atom is 0.303 e. The van der Waals surface area contributed by atoms with E-state index in [-0.39, 0.29) is 22.7 Å². The lowest BCUT2D eigenvalue weighted by molar-refractivity contribution is -0.137. The molecule has 0 radical (unpaired) electrons. The van der Waals surface area contributed by atoms with Gasteiger partial charge in [0.1, 0.15) is 0 Å². The predicted molar refractivity (Wildman–Crippen MR) is 60.1 cm³/mol. The van der Waals surface area contributed by atoms with Crippen LogP contribution in [0.2, 0.25) is 0 Å². The van der Waals surface area contributed by atoms with Crippen LogP contribution < -0.4 is 0 Å². The maximum atomic E-state index is 11.5. The standard InChI is InChI=1S/C10H15NO4S/c1-7(12)16-8-5-9(13)11(6-8)4-2-3-10(14)15/h8H,2-6H2,1H3,(H,14,15). The summed E-state index contributed by atoms with van der Waals surface area (Å²) in [5.74, 6) is -0.828. The highest BCUT2D eigenvalue weighted by atomic mass is 32.2. The molecule has 1 atom stereocenters. The van der Waals surface area contributed by atoms with Crippen LogP contribution in [0.4, 0.5) is 0 Å². The summed E-state index contributed by atoms with van der Waals surface area (Å²) >= 11 is 1.19. The van der Waals surface area contributed by atoms with Crippen molar-refractivity contribution in [3.63, 3.8) is 0 Å². The van der Waals surface area contributed by atoms with E-state index >= 15 is 0 Å². The molecule has 0 aromatic rings. The molecule has 16 heavy (non-hydrogen) atoms. The van der Waals surface area contributed by atoms with Gasteiger partial charge in [0.15, 0.2) is 5.12 Å². The number of carbonyl (C=O) groups excluding carboxylic acids is 2. The van der Waals surface area contributed by atoms with Gasteiger partial charge in [0, 0.05) is 38.1 Å². The van der Waals surface area contributed by atoms with Crippen molar-refractivity contribution in [1.29, 1.82) is 0 Å². The largest absolute Gasteiger partial charge is 0.481 e. The van der Waals surface area contributed by atoms with Crippen LogP contribution in [0.5, 0.6) is 0 Å². The molecule has 0 aromatic carbocycles. The molecule has 1 rings (SSSR count). The van der Waals surface area contributed by atoms with Crippen LogP contribution in [0.1, 0.15) is 26.2 Å². The topological polar surface area (TPSA) is 74.7 Å². The second-order valence-electron chi connectivity index (χ2n) is 3.77. The van der Waals surface area contributed by atoms with E-state index in [0.717, 1.165) is 0 Å². The van der Waals surface area contributed by atoms with Gasteiger partial charge in [0.05, 0.1) is 0 Å². The van der Waals surface area contributed by atoms with Crippen LogP contribution in [0, 0.1) is 0 Å². The summed E-state index contributed by atoms with van der Waals surface area (Å²) in [4.78, 5) is 34.3. The molecule has 5 nitrogen and oxygen atoms in total. The summed E-state index contributed by atoms with van der Waals surface area (Å²) in [7, 11) is 0. The number of carboxylic acid groups (broad SMARTS) is 1. The Morgan fingerprint density at radius 1 is 1.56 bits per heavy atom. The fourth-order valence-electron chi connectivity index (χ4n) is 1.69. The molecular formula is C10H15NO4S. The maximum absolute atomic E-state index is 11.5. The van der Waals surface area contributed by atoms with Gasteiger partial charge in [-0.2, -0.15) is 0 Å². The lowest BCUT2D eigenvalue weighted by Crippen LogP contribution is -2.27. The number of thioether (sulfide) groups is 1. The van der Waals surface area contributed by atoms with Gasteiger partial charge in [0.2, 0.25) is 5.91 Å². The van der Waals surface area contributed by atoms with E-state index in [1.807, 2.05) is 0 Å². The summed E-state index contributed by atoms with van der Waals surface area (Å²) < 4.78 is 0. The molecule has 0 saturated carbocycles. The SMILES string of the molecule is CC(=O)SC1CC(=O)N(CCCC(=O)O)C1. The zero-order valence-corrected chi connectivity index (χ0v) is 9.96. The molecule has 90 valence electrons. The first kappa shape index (κ1) is 13.0. The first-order valence-electron chi connectivity index (χ1n) is 5.16. The lowest BCUT2D eigenvalue weighted by atomic mass is 10.3. The number of likely N-dealkylation sites (tertiary alicyclic amines) is 1. The first-order valence-corrected chi connectivity index (χ1v) is 6.04. The van der Waals surface area contributed by atoms with Gasteiger partial charge in [0.25, 0.3) is 0 Å². The number of carboxylic acids is 1. The fourth-order valence-corrected chi connectivity index (χ4v) is 2.64. The minimum atomic E-state index is -0.846. The number of rotatable bonds is 5. The van der Waals surface area contributed by atoms with Crippen molar-refractivity contribution in [1.82, 2.24) is 4.90 Å². The molecule has 6 heteroatoms. The van der Waals surface area contributed by atoms with Crippen molar-refractivity contribution in [2.75, 3.05) is 13.1 Å². The quantitative estimate of drug-likeness (QED) is 0.773. The predicted octanol–water partition coefficient (Wildman–Crippen LogP) is 0.732. The molecule has 1 N–H and O–H groups in total. The third kappa shape index (κ3) is 4.22. The van der Waals surface area contributed by atoms with Crippen LogP contribution in [0.3, 0.4) is 0 Å². The first-order chi connectivity index (χ1) is 7.49. The van der Waals surface area contributed by atoms with Gasteiger partial charge in [-0.3, -0.25) is 14.4 Å². The highest BCUT2D eigenvalue weighted by Gasteiger charge is 2.30. The fraction of sp³-hybridized carbons (Fsp3) is 0.700. The van der Waals surface area contributed by atoms with E-state index in [1.165, 1.54) is 18.7 Å². The monoisotopic (exact) mass is 245 g/mol. The number of aliphatic carboxylic acids is 1. The van der Waals surface area contributed by atoms with E-state index in [1.54, 1.807) is 4.90 Å². The van der Waals surface area contributed by atoms with Crippen molar-refractivity contribution in [3.8, 4) is 0 Å². The molecule has 0 aliphatic carbocycles. The third-order valence-corrected chi connectivity index (χ3v) is 3.31. The number of nitrogens with zero attached hydrogens (tertiary/aromatic N) is 1. The molecule has 1 fully saturated rings. The van der Waals surface area contributed by atoms with E-state index in [9.17, 15) is 14.4 Å². The average molecular weight is 245 g/mol. The van der Waals surface area contributed by atoms with Crippen LogP contribution in [-0.2, 0) is 14.4 Å². The van der Waals surface area contributed by atoms with Gasteiger partial charge in [-0.15, -0.1) is 0 Å². The smallest absolute Gasteiger partial charge is 0.303 e. The second kappa shape index (κ2) is 5.89. The normalized spacial score (nSPS) is 20.2. The summed E-state index contributed by atoms with van der Waals surface area (Å²) in [6.07, 6.45) is 0.935. The molecule has 0 aromatic heterocycles. The highest BCUT2D eigenvalue weighted by Crippen LogP contribution is 2.24. The zero-order chi connectivity index (χ0) is 12.1. The Balaban J connectivity index is 2.31. The molecule has 1 aliphatic heterocycles. The number of hydrogen-bond acceptors (Lipinski definition) is 4. The second-order valence-corrected chi connectivity index (χ2v) is 5.25. The Morgan fingerprint density at radius 3 is 2.81 bits per heavy atom. The highest BCUT2D eigenvalue weighted by molar-refractivity contribution is 8.14. The number of amides is 1. The Morgan fingerprint density at radius 2 is 2.25 bits per heavy atom. The van der Waals surface area contributed by atoms with E-state index in [2.05, 4.69) is 0 Å². The zero-order valence-electron chi connectivity index (χ0n) is 9.14. The van der Waals surface area contributed by atoms with Gasteiger partial charge in [-0.1, -0.05) is 11.8 Å². The lowest BCUT2D eigenvalue weighted by Gasteiger charge is -2.15. The Bertz CT molecular complexity index is 305. The van der Waals surface area contributed by atoms with Crippen molar-refractivity contribution in [3.05, 3.63) is 0 Å². The van der Waals surface area contributed by atoms with Gasteiger partial charge in [-0.25, -0.2) is 0 Å². The van der Waals surface area contributed by atoms with Gasteiger partial charge in [-0.05, 0) is 6.42 Å².